The first-order chi connectivity index (χ1) is 15.7. The highest BCUT2D eigenvalue weighted by Crippen LogP contribution is 2.28. The minimum absolute atomic E-state index is 0.0402. The van der Waals surface area contributed by atoms with Crippen LogP contribution in [0.3, 0.4) is 0 Å². The zero-order valence-corrected chi connectivity index (χ0v) is 18.5. The van der Waals surface area contributed by atoms with E-state index in [0.717, 1.165) is 48.6 Å². The Kier molecular flexibility index (Phi) is 6.90. The second-order valence-electron chi connectivity index (χ2n) is 8.08. The summed E-state index contributed by atoms with van der Waals surface area (Å²) >= 11 is 0. The van der Waals surface area contributed by atoms with E-state index in [-0.39, 0.29) is 17.9 Å². The van der Waals surface area contributed by atoms with Crippen LogP contribution in [0.15, 0.2) is 84.3 Å². The summed E-state index contributed by atoms with van der Waals surface area (Å²) < 4.78 is 0. The number of anilines is 1. The van der Waals surface area contributed by atoms with Gasteiger partial charge in [0.1, 0.15) is 5.82 Å². The van der Waals surface area contributed by atoms with Crippen molar-refractivity contribution in [3.63, 3.8) is 0 Å². The smallest absolute Gasteiger partial charge is 0.246 e. The highest BCUT2D eigenvalue weighted by Gasteiger charge is 2.34. The molecule has 0 unspecified atom stereocenters. The Labute approximate surface area is 189 Å². The van der Waals surface area contributed by atoms with Gasteiger partial charge in [-0.3, -0.25) is 9.78 Å². The number of carbonyl (C=O) groups is 1. The van der Waals surface area contributed by atoms with Gasteiger partial charge in [0.05, 0.1) is 24.1 Å². The lowest BCUT2D eigenvalue weighted by Crippen LogP contribution is -2.43. The summed E-state index contributed by atoms with van der Waals surface area (Å²) in [4.78, 5) is 24.6. The summed E-state index contributed by atoms with van der Waals surface area (Å²) in [5, 5.41) is 6.01. The average Bonchev–Trinajstić information content (AvgIpc) is 3.35. The van der Waals surface area contributed by atoms with Gasteiger partial charge in [-0.2, -0.15) is 5.10 Å². The molecule has 164 valence electrons. The molecule has 0 spiro atoms. The Morgan fingerprint density at radius 3 is 2.66 bits per heavy atom. The van der Waals surface area contributed by atoms with Crippen LogP contribution in [-0.4, -0.2) is 46.2 Å². The molecule has 0 saturated carbocycles. The van der Waals surface area contributed by atoms with Crippen LogP contribution in [-0.2, 0) is 4.79 Å². The van der Waals surface area contributed by atoms with E-state index < -0.39 is 0 Å². The Morgan fingerprint density at radius 1 is 1.12 bits per heavy atom. The number of benzene rings is 1. The molecule has 1 aromatic heterocycles. The van der Waals surface area contributed by atoms with E-state index in [0.29, 0.717) is 6.42 Å². The molecule has 32 heavy (non-hydrogen) atoms. The second-order valence-corrected chi connectivity index (χ2v) is 8.08. The third kappa shape index (κ3) is 4.85. The molecular weight excluding hydrogens is 398 g/mol. The van der Waals surface area contributed by atoms with Crippen LogP contribution in [0.2, 0.25) is 0 Å². The standard InChI is InChI=1S/C26H29N5O/c1-3-4-6-9-20(2)24-12-15-28-31(24)26(32)22-13-16-30(17-14-22)25-19-27-18-23(29-25)21-10-7-5-8-11-21/h3-11,15,18-19,22,24H,2,12-14,16-17H2,1H3/b4-3-,9-6-/t24-/m0/s1. The molecule has 0 bridgehead atoms. The number of carbonyl (C=O) groups excluding carboxylic acids is 1. The predicted molar refractivity (Wildman–Crippen MR) is 129 cm³/mol. The Balaban J connectivity index is 1.38. The van der Waals surface area contributed by atoms with Crippen molar-refractivity contribution >= 4 is 17.9 Å². The van der Waals surface area contributed by atoms with Crippen molar-refractivity contribution in [2.75, 3.05) is 18.0 Å². The second kappa shape index (κ2) is 10.2. The van der Waals surface area contributed by atoms with Crippen LogP contribution in [0.25, 0.3) is 11.3 Å². The molecule has 1 saturated heterocycles. The first-order valence-electron chi connectivity index (χ1n) is 11.1. The monoisotopic (exact) mass is 427 g/mol. The molecule has 2 aliphatic rings. The van der Waals surface area contributed by atoms with Crippen LogP contribution in [0.4, 0.5) is 5.82 Å². The molecule has 1 fully saturated rings. The van der Waals surface area contributed by atoms with Gasteiger partial charge in [0.25, 0.3) is 0 Å². The number of aromatic nitrogens is 2. The maximum absolute atomic E-state index is 13.2. The molecule has 2 aliphatic heterocycles. The number of hydrogen-bond donors (Lipinski definition) is 0. The van der Waals surface area contributed by atoms with Gasteiger partial charge in [0, 0.05) is 37.2 Å². The van der Waals surface area contributed by atoms with Gasteiger partial charge < -0.3 is 4.90 Å². The minimum Gasteiger partial charge on any atom is -0.355 e. The molecule has 4 rings (SSSR count). The summed E-state index contributed by atoms with van der Waals surface area (Å²) in [6.45, 7) is 7.67. The SMILES string of the molecule is C=C(/C=C\C=C/C)[C@@H]1CC=NN1C(=O)C1CCN(c2cncc(-c3ccccc3)n2)CC1. The zero-order chi connectivity index (χ0) is 22.3. The van der Waals surface area contributed by atoms with E-state index in [2.05, 4.69) is 21.6 Å². The maximum Gasteiger partial charge on any atom is 0.246 e. The van der Waals surface area contributed by atoms with Gasteiger partial charge in [0.15, 0.2) is 0 Å². The van der Waals surface area contributed by atoms with Crippen LogP contribution < -0.4 is 4.90 Å². The van der Waals surface area contributed by atoms with E-state index in [1.165, 1.54) is 0 Å². The molecule has 6 heteroatoms. The summed E-state index contributed by atoms with van der Waals surface area (Å²) in [5.74, 6) is 0.909. The Hall–Kier alpha value is -3.54. The Morgan fingerprint density at radius 2 is 1.91 bits per heavy atom. The van der Waals surface area contributed by atoms with E-state index in [1.807, 2.05) is 67.8 Å². The number of nitrogens with zero attached hydrogens (tertiary/aromatic N) is 5. The van der Waals surface area contributed by atoms with E-state index in [9.17, 15) is 4.79 Å². The summed E-state index contributed by atoms with van der Waals surface area (Å²) in [6.07, 6.45) is 15.5. The van der Waals surface area contributed by atoms with Gasteiger partial charge in [-0.15, -0.1) is 0 Å². The Bertz CT molecular complexity index is 1040. The van der Waals surface area contributed by atoms with Crippen molar-refractivity contribution in [3.05, 3.63) is 79.2 Å². The topological polar surface area (TPSA) is 61.7 Å². The van der Waals surface area contributed by atoms with Gasteiger partial charge in [-0.1, -0.05) is 61.2 Å². The molecule has 1 atom stereocenters. The fourth-order valence-corrected chi connectivity index (χ4v) is 4.13. The fraction of sp³-hybridized carbons (Fsp3) is 0.308. The van der Waals surface area contributed by atoms with Crippen molar-refractivity contribution in [1.82, 2.24) is 15.0 Å². The number of allylic oxidation sites excluding steroid dienone is 3. The van der Waals surface area contributed by atoms with Crippen molar-refractivity contribution in [1.29, 1.82) is 0 Å². The van der Waals surface area contributed by atoms with Gasteiger partial charge >= 0.3 is 0 Å². The predicted octanol–water partition coefficient (Wildman–Crippen LogP) is 4.64. The van der Waals surface area contributed by atoms with E-state index >= 15 is 0 Å². The maximum atomic E-state index is 13.2. The van der Waals surface area contributed by atoms with Crippen LogP contribution in [0, 0.1) is 5.92 Å². The lowest BCUT2D eigenvalue weighted by Gasteiger charge is -2.34. The zero-order valence-electron chi connectivity index (χ0n) is 18.5. The quantitative estimate of drug-likeness (QED) is 0.631. The largest absolute Gasteiger partial charge is 0.355 e. The summed E-state index contributed by atoms with van der Waals surface area (Å²) in [5.41, 5.74) is 2.81. The van der Waals surface area contributed by atoms with Crippen LogP contribution in [0.5, 0.6) is 0 Å². The van der Waals surface area contributed by atoms with Gasteiger partial charge in [-0.05, 0) is 25.3 Å². The highest BCUT2D eigenvalue weighted by atomic mass is 16.2. The number of amides is 1. The molecule has 1 aromatic carbocycles. The molecule has 6 nitrogen and oxygen atoms in total. The third-order valence-corrected chi connectivity index (χ3v) is 5.96. The average molecular weight is 428 g/mol. The number of piperidine rings is 1. The fourth-order valence-electron chi connectivity index (χ4n) is 4.13. The van der Waals surface area contributed by atoms with Gasteiger partial charge in [-0.25, -0.2) is 9.99 Å². The van der Waals surface area contributed by atoms with Crippen molar-refractivity contribution in [2.24, 2.45) is 11.0 Å². The third-order valence-electron chi connectivity index (χ3n) is 5.96. The number of hydrazone groups is 1. The number of rotatable bonds is 6. The normalized spacial score (nSPS) is 19.3. The molecule has 0 aliphatic carbocycles. The van der Waals surface area contributed by atoms with E-state index in [1.54, 1.807) is 17.4 Å². The van der Waals surface area contributed by atoms with Crippen LogP contribution >= 0.6 is 0 Å². The van der Waals surface area contributed by atoms with Crippen molar-refractivity contribution in [2.45, 2.75) is 32.2 Å². The highest BCUT2D eigenvalue weighted by molar-refractivity contribution is 5.82. The molecule has 3 heterocycles. The molecule has 0 N–H and O–H groups in total. The first-order valence-corrected chi connectivity index (χ1v) is 11.1. The molecule has 2 aromatic rings. The summed E-state index contributed by atoms with van der Waals surface area (Å²) in [7, 11) is 0. The van der Waals surface area contributed by atoms with E-state index in [4.69, 9.17) is 4.98 Å². The lowest BCUT2D eigenvalue weighted by atomic mass is 9.94. The van der Waals surface area contributed by atoms with Crippen molar-refractivity contribution < 1.29 is 4.79 Å². The molecule has 0 radical (unpaired) electrons. The minimum atomic E-state index is -0.0875. The molecule has 1 amide bonds. The van der Waals surface area contributed by atoms with Crippen LogP contribution in [0.1, 0.15) is 26.2 Å². The summed E-state index contributed by atoms with van der Waals surface area (Å²) in [6, 6.07) is 9.97. The van der Waals surface area contributed by atoms with Gasteiger partial charge in [0.2, 0.25) is 5.91 Å². The molecular formula is C26H29N5O. The lowest BCUT2D eigenvalue weighted by molar-refractivity contribution is -0.137. The first kappa shape index (κ1) is 21.7. The van der Waals surface area contributed by atoms with Crippen molar-refractivity contribution in [3.8, 4) is 11.3 Å². The number of hydrogen-bond acceptors (Lipinski definition) is 5.